The molecule has 2 rings (SSSR count). The van der Waals surface area contributed by atoms with Crippen LogP contribution in [0.1, 0.15) is 58.3 Å². The molecule has 0 unspecified atom stereocenters. The van der Waals surface area contributed by atoms with Gasteiger partial charge in [0.25, 0.3) is 0 Å². The molecule has 0 amide bonds. The average molecular weight is 253 g/mol. The van der Waals surface area contributed by atoms with E-state index < -0.39 is 0 Å². The lowest BCUT2D eigenvalue weighted by Crippen LogP contribution is -2.33. The zero-order valence-electron chi connectivity index (χ0n) is 11.9. The first-order valence-corrected chi connectivity index (χ1v) is 7.70. The molecule has 0 aromatic carbocycles. The van der Waals surface area contributed by atoms with Crippen molar-refractivity contribution in [3.8, 4) is 0 Å². The molecule has 2 aliphatic carbocycles. The molecule has 0 aromatic rings. The molecule has 104 valence electrons. The molecule has 0 aliphatic heterocycles. The van der Waals surface area contributed by atoms with Crippen LogP contribution in [0.4, 0.5) is 4.39 Å². The van der Waals surface area contributed by atoms with Crippen molar-refractivity contribution in [3.05, 3.63) is 11.9 Å². The molecule has 18 heavy (non-hydrogen) atoms. The van der Waals surface area contributed by atoms with E-state index in [9.17, 15) is 4.39 Å². The van der Waals surface area contributed by atoms with E-state index in [0.29, 0.717) is 5.92 Å². The molecule has 0 radical (unpaired) electrons. The minimum Gasteiger partial charge on any atom is -0.317 e. The van der Waals surface area contributed by atoms with Gasteiger partial charge in [-0.15, -0.1) is 0 Å². The van der Waals surface area contributed by atoms with E-state index in [1.165, 1.54) is 51.4 Å². The molecule has 2 heteroatoms. The second-order valence-corrected chi connectivity index (χ2v) is 6.33. The Labute approximate surface area is 111 Å². The Morgan fingerprint density at radius 2 is 1.44 bits per heavy atom. The summed E-state index contributed by atoms with van der Waals surface area (Å²) in [4.78, 5) is 0. The second kappa shape index (κ2) is 6.70. The Kier molecular flexibility index (Phi) is 5.23. The standard InChI is InChI=1S/C16H28FN/c1-12(17)11-13-3-5-14(6-4-13)15-7-9-16(18-2)10-8-15/h11,13-16,18H,3-10H2,1-2H3/b12-11-. The number of nitrogens with one attached hydrogen (secondary N) is 1. The Morgan fingerprint density at radius 3 is 1.89 bits per heavy atom. The third-order valence-electron chi connectivity index (χ3n) is 5.13. The molecular weight excluding hydrogens is 225 g/mol. The monoisotopic (exact) mass is 253 g/mol. The average Bonchev–Trinajstić information content (AvgIpc) is 2.39. The maximum atomic E-state index is 12.9. The highest BCUT2D eigenvalue weighted by Crippen LogP contribution is 2.40. The van der Waals surface area contributed by atoms with Crippen LogP contribution in [0.2, 0.25) is 0 Å². The van der Waals surface area contributed by atoms with Gasteiger partial charge in [0.15, 0.2) is 0 Å². The predicted octanol–water partition coefficient (Wildman–Crippen LogP) is 4.44. The van der Waals surface area contributed by atoms with Gasteiger partial charge in [-0.1, -0.05) is 6.08 Å². The third kappa shape index (κ3) is 3.81. The summed E-state index contributed by atoms with van der Waals surface area (Å²) >= 11 is 0. The molecular formula is C16H28FN. The third-order valence-corrected chi connectivity index (χ3v) is 5.13. The second-order valence-electron chi connectivity index (χ2n) is 6.33. The van der Waals surface area contributed by atoms with E-state index in [-0.39, 0.29) is 5.83 Å². The topological polar surface area (TPSA) is 12.0 Å². The molecule has 0 atom stereocenters. The van der Waals surface area contributed by atoms with Gasteiger partial charge < -0.3 is 5.32 Å². The van der Waals surface area contributed by atoms with E-state index in [4.69, 9.17) is 0 Å². The zero-order valence-corrected chi connectivity index (χ0v) is 11.9. The summed E-state index contributed by atoms with van der Waals surface area (Å²) in [6, 6.07) is 0.759. The summed E-state index contributed by atoms with van der Waals surface area (Å²) in [6.45, 7) is 1.57. The van der Waals surface area contributed by atoms with Gasteiger partial charge in [-0.2, -0.15) is 0 Å². The largest absolute Gasteiger partial charge is 0.317 e. The van der Waals surface area contributed by atoms with Gasteiger partial charge >= 0.3 is 0 Å². The van der Waals surface area contributed by atoms with Gasteiger partial charge in [-0.25, -0.2) is 4.39 Å². The van der Waals surface area contributed by atoms with Gasteiger partial charge in [0, 0.05) is 6.04 Å². The first-order chi connectivity index (χ1) is 8.69. The lowest BCUT2D eigenvalue weighted by atomic mass is 9.70. The summed E-state index contributed by atoms with van der Waals surface area (Å²) < 4.78 is 12.9. The fourth-order valence-electron chi connectivity index (χ4n) is 3.99. The van der Waals surface area contributed by atoms with Crippen molar-refractivity contribution in [2.45, 2.75) is 64.3 Å². The lowest BCUT2D eigenvalue weighted by molar-refractivity contribution is 0.166. The summed E-state index contributed by atoms with van der Waals surface area (Å²) in [5.41, 5.74) is 0. The number of halogens is 1. The summed E-state index contributed by atoms with van der Waals surface area (Å²) in [7, 11) is 2.09. The predicted molar refractivity (Wildman–Crippen MR) is 75.1 cm³/mol. The van der Waals surface area contributed by atoms with Crippen molar-refractivity contribution >= 4 is 0 Å². The Hall–Kier alpha value is -0.370. The molecule has 2 fully saturated rings. The van der Waals surface area contributed by atoms with Gasteiger partial charge in [0.2, 0.25) is 0 Å². The quantitative estimate of drug-likeness (QED) is 0.784. The first kappa shape index (κ1) is 14.0. The maximum Gasteiger partial charge on any atom is 0.0931 e. The van der Waals surface area contributed by atoms with Crippen LogP contribution >= 0.6 is 0 Å². The number of hydrogen-bond acceptors (Lipinski definition) is 1. The number of hydrogen-bond donors (Lipinski definition) is 1. The van der Waals surface area contributed by atoms with Crippen molar-refractivity contribution in [1.82, 2.24) is 5.32 Å². The molecule has 2 aliphatic rings. The van der Waals surface area contributed by atoms with Crippen molar-refractivity contribution in [2.24, 2.45) is 17.8 Å². The van der Waals surface area contributed by atoms with Gasteiger partial charge in [0.1, 0.15) is 0 Å². The SMILES string of the molecule is CNC1CCC(C2CCC(/C=C(/C)F)CC2)CC1. The first-order valence-electron chi connectivity index (χ1n) is 7.70. The van der Waals surface area contributed by atoms with Crippen molar-refractivity contribution < 1.29 is 4.39 Å². The van der Waals surface area contributed by atoms with Crippen LogP contribution in [0.5, 0.6) is 0 Å². The highest BCUT2D eigenvalue weighted by molar-refractivity contribution is 4.95. The maximum absolute atomic E-state index is 12.9. The van der Waals surface area contributed by atoms with Gasteiger partial charge in [0.05, 0.1) is 5.83 Å². The molecule has 0 spiro atoms. The number of rotatable bonds is 3. The van der Waals surface area contributed by atoms with Crippen LogP contribution in [0.15, 0.2) is 11.9 Å². The van der Waals surface area contributed by atoms with Crippen molar-refractivity contribution in [1.29, 1.82) is 0 Å². The van der Waals surface area contributed by atoms with E-state index in [1.807, 2.05) is 6.08 Å². The van der Waals surface area contributed by atoms with Gasteiger partial charge in [-0.05, 0) is 83.1 Å². The van der Waals surface area contributed by atoms with Crippen LogP contribution < -0.4 is 5.32 Å². The van der Waals surface area contributed by atoms with Crippen LogP contribution in [-0.2, 0) is 0 Å². The van der Waals surface area contributed by atoms with Crippen LogP contribution in [-0.4, -0.2) is 13.1 Å². The fraction of sp³-hybridized carbons (Fsp3) is 0.875. The molecule has 0 heterocycles. The normalized spacial score (nSPS) is 38.7. The van der Waals surface area contributed by atoms with Crippen LogP contribution in [0.25, 0.3) is 0 Å². The fourth-order valence-corrected chi connectivity index (χ4v) is 3.99. The van der Waals surface area contributed by atoms with Crippen LogP contribution in [0, 0.1) is 17.8 Å². The summed E-state index contributed by atoms with van der Waals surface area (Å²) in [5, 5.41) is 3.41. The minimum absolute atomic E-state index is 0.00739. The Morgan fingerprint density at radius 1 is 0.944 bits per heavy atom. The molecule has 1 nitrogen and oxygen atoms in total. The summed E-state index contributed by atoms with van der Waals surface area (Å²) in [5.74, 6) is 2.39. The minimum atomic E-state index is 0.00739. The van der Waals surface area contributed by atoms with E-state index in [1.54, 1.807) is 6.92 Å². The molecule has 1 N–H and O–H groups in total. The van der Waals surface area contributed by atoms with E-state index in [2.05, 4.69) is 12.4 Å². The van der Waals surface area contributed by atoms with E-state index >= 15 is 0 Å². The highest BCUT2D eigenvalue weighted by atomic mass is 19.1. The Bertz CT molecular complexity index is 267. The van der Waals surface area contributed by atoms with Crippen molar-refractivity contribution in [3.63, 3.8) is 0 Å². The smallest absolute Gasteiger partial charge is 0.0931 e. The zero-order chi connectivity index (χ0) is 13.0. The van der Waals surface area contributed by atoms with Crippen molar-refractivity contribution in [2.75, 3.05) is 7.05 Å². The molecule has 0 saturated heterocycles. The Balaban J connectivity index is 1.75. The van der Waals surface area contributed by atoms with Gasteiger partial charge in [-0.3, -0.25) is 0 Å². The lowest BCUT2D eigenvalue weighted by Gasteiger charge is -2.37. The summed E-state index contributed by atoms with van der Waals surface area (Å²) in [6.07, 6.45) is 12.4. The van der Waals surface area contributed by atoms with E-state index in [0.717, 1.165) is 17.9 Å². The molecule has 0 bridgehead atoms. The molecule has 2 saturated carbocycles. The molecule has 0 aromatic heterocycles. The van der Waals surface area contributed by atoms with Crippen LogP contribution in [0.3, 0.4) is 0 Å². The number of allylic oxidation sites excluding steroid dienone is 2. The highest BCUT2D eigenvalue weighted by Gasteiger charge is 2.29.